The Morgan fingerprint density at radius 2 is 1.86 bits per heavy atom. The fraction of sp³-hybridized carbons (Fsp3) is 0.435. The van der Waals surface area contributed by atoms with Gasteiger partial charge in [-0.1, -0.05) is 6.92 Å². The lowest BCUT2D eigenvalue weighted by Gasteiger charge is -2.21. The molecular weight excluding hydrogens is 454 g/mol. The van der Waals surface area contributed by atoms with Gasteiger partial charge in [0.1, 0.15) is 11.8 Å². The third kappa shape index (κ3) is 6.95. The van der Waals surface area contributed by atoms with Crippen LogP contribution in [0.25, 0.3) is 0 Å². The molecule has 35 heavy (non-hydrogen) atoms. The minimum atomic E-state index is -1.18. The molecule has 0 saturated carbocycles. The quantitative estimate of drug-likeness (QED) is 0.369. The number of aryl methyl sites for hydroxylation is 1. The molecule has 2 aromatic rings. The van der Waals surface area contributed by atoms with Gasteiger partial charge in [0.15, 0.2) is 17.3 Å². The number of methoxy groups -OCH3 is 1. The monoisotopic (exact) mass is 487 g/mol. The van der Waals surface area contributed by atoms with Crippen molar-refractivity contribution in [3.63, 3.8) is 0 Å². The molecule has 1 aromatic heterocycles. The summed E-state index contributed by atoms with van der Waals surface area (Å²) < 4.78 is 5.40. The number of primary amides is 1. The largest absolute Gasteiger partial charge is 0.497 e. The molecule has 1 heterocycles. The number of carboxylic acid groups (broad SMARTS) is 1. The number of nitrogens with zero attached hydrogens (tertiary/aromatic N) is 4. The van der Waals surface area contributed by atoms with Crippen LogP contribution in [0, 0.1) is 0 Å². The Hall–Kier alpha value is -4.09. The Bertz CT molecular complexity index is 1090. The van der Waals surface area contributed by atoms with Crippen molar-refractivity contribution in [3.05, 3.63) is 35.2 Å². The van der Waals surface area contributed by atoms with Crippen LogP contribution in [-0.2, 0) is 17.6 Å². The van der Waals surface area contributed by atoms with E-state index in [1.54, 1.807) is 6.07 Å². The van der Waals surface area contributed by atoms with Crippen molar-refractivity contribution in [1.82, 2.24) is 20.2 Å². The summed E-state index contributed by atoms with van der Waals surface area (Å²) in [5.74, 6) is 0.292. The van der Waals surface area contributed by atoms with Crippen LogP contribution in [0.5, 0.6) is 5.75 Å². The summed E-state index contributed by atoms with van der Waals surface area (Å²) in [6.07, 6.45) is -0.150. The van der Waals surface area contributed by atoms with Gasteiger partial charge in [0, 0.05) is 39.4 Å². The Kier molecular flexibility index (Phi) is 9.20. The van der Waals surface area contributed by atoms with Crippen molar-refractivity contribution in [2.75, 3.05) is 45.0 Å². The highest BCUT2D eigenvalue weighted by Crippen LogP contribution is 2.27. The van der Waals surface area contributed by atoms with Crippen molar-refractivity contribution >= 4 is 35.2 Å². The number of carbonyl (C=O) groups is 3. The van der Waals surface area contributed by atoms with Crippen molar-refractivity contribution < 1.29 is 24.2 Å². The van der Waals surface area contributed by atoms with E-state index in [2.05, 4.69) is 20.6 Å². The topological polar surface area (TPSA) is 163 Å². The minimum Gasteiger partial charge on any atom is -0.497 e. The predicted molar refractivity (Wildman–Crippen MR) is 132 cm³/mol. The number of hydrogen-bond donors (Lipinski definition) is 4. The first-order chi connectivity index (χ1) is 16.5. The van der Waals surface area contributed by atoms with Crippen molar-refractivity contribution in [2.45, 2.75) is 32.7 Å². The van der Waals surface area contributed by atoms with Gasteiger partial charge in [-0.25, -0.2) is 14.8 Å². The van der Waals surface area contributed by atoms with E-state index in [0.717, 1.165) is 10.5 Å². The van der Waals surface area contributed by atoms with Crippen LogP contribution >= 0.6 is 0 Å². The molecule has 2 rings (SSSR count). The summed E-state index contributed by atoms with van der Waals surface area (Å²) in [5, 5.41) is 14.9. The highest BCUT2D eigenvalue weighted by molar-refractivity contribution is 5.96. The fourth-order valence-corrected chi connectivity index (χ4v) is 3.27. The second kappa shape index (κ2) is 11.9. The molecule has 12 nitrogen and oxygen atoms in total. The van der Waals surface area contributed by atoms with Gasteiger partial charge in [0.25, 0.3) is 5.91 Å². The van der Waals surface area contributed by atoms with E-state index in [1.807, 2.05) is 38.1 Å². The number of nitrogens with one attached hydrogen (secondary N) is 2. The number of rotatable bonds is 11. The molecule has 0 fully saturated rings. The van der Waals surface area contributed by atoms with E-state index >= 15 is 0 Å². The zero-order chi connectivity index (χ0) is 26.3. The number of carbonyl (C=O) groups excluding carboxylic acids is 2. The summed E-state index contributed by atoms with van der Waals surface area (Å²) in [5.41, 5.74) is 7.67. The van der Waals surface area contributed by atoms with E-state index in [4.69, 9.17) is 15.6 Å². The second-order valence-electron chi connectivity index (χ2n) is 8.11. The van der Waals surface area contributed by atoms with Gasteiger partial charge in [-0.15, -0.1) is 0 Å². The van der Waals surface area contributed by atoms with E-state index in [0.29, 0.717) is 35.8 Å². The summed E-state index contributed by atoms with van der Waals surface area (Å²) in [6, 6.07) is 4.56. The van der Waals surface area contributed by atoms with Gasteiger partial charge in [0.2, 0.25) is 5.91 Å². The maximum absolute atomic E-state index is 12.2. The molecule has 0 saturated heterocycles. The standard InChI is InChI=1S/C23H33N7O5/c1-7-17-21(29(3)4)28-20(18(27-17)19(24)31)26-15-10-14(11-16(12-15)35-6)8-9-25-22(32)13(2)30(5)23(33)34/h10-13H,7-9H2,1-6H3,(H2,24,31)(H,25,32)(H,26,28)(H,33,34)/t13-/m0/s1. The van der Waals surface area contributed by atoms with Crippen LogP contribution in [0.3, 0.4) is 0 Å². The Morgan fingerprint density at radius 3 is 2.40 bits per heavy atom. The first kappa shape index (κ1) is 27.2. The van der Waals surface area contributed by atoms with Crippen LogP contribution < -0.4 is 26.0 Å². The molecule has 0 aliphatic carbocycles. The molecule has 0 radical (unpaired) electrons. The third-order valence-electron chi connectivity index (χ3n) is 5.38. The molecule has 190 valence electrons. The molecule has 1 atom stereocenters. The van der Waals surface area contributed by atoms with Crippen molar-refractivity contribution in [2.24, 2.45) is 5.73 Å². The van der Waals surface area contributed by atoms with E-state index in [1.165, 1.54) is 21.1 Å². The number of anilines is 3. The number of likely N-dealkylation sites (N-methyl/N-ethyl adjacent to an activating group) is 1. The average molecular weight is 488 g/mol. The van der Waals surface area contributed by atoms with E-state index in [9.17, 15) is 14.4 Å². The van der Waals surface area contributed by atoms with Gasteiger partial charge in [0.05, 0.1) is 12.8 Å². The zero-order valence-corrected chi connectivity index (χ0v) is 20.9. The van der Waals surface area contributed by atoms with Crippen LogP contribution in [0.15, 0.2) is 18.2 Å². The molecule has 0 spiro atoms. The molecule has 0 aliphatic heterocycles. The Labute approximate surface area is 204 Å². The number of amides is 3. The molecule has 12 heteroatoms. The Balaban J connectivity index is 2.26. The fourth-order valence-electron chi connectivity index (χ4n) is 3.27. The first-order valence-electron chi connectivity index (χ1n) is 11.0. The summed E-state index contributed by atoms with van der Waals surface area (Å²) in [6.45, 7) is 3.72. The molecule has 0 unspecified atom stereocenters. The molecule has 3 amide bonds. The van der Waals surface area contributed by atoms with Crippen LogP contribution in [0.4, 0.5) is 22.1 Å². The first-order valence-corrected chi connectivity index (χ1v) is 11.0. The highest BCUT2D eigenvalue weighted by atomic mass is 16.5. The van der Waals surface area contributed by atoms with E-state index in [-0.39, 0.29) is 18.1 Å². The highest BCUT2D eigenvalue weighted by Gasteiger charge is 2.21. The van der Waals surface area contributed by atoms with Gasteiger partial charge in [-0.05, 0) is 37.5 Å². The van der Waals surface area contributed by atoms with Gasteiger partial charge in [-0.2, -0.15) is 0 Å². The molecule has 5 N–H and O–H groups in total. The lowest BCUT2D eigenvalue weighted by atomic mass is 10.1. The second-order valence-corrected chi connectivity index (χ2v) is 8.11. The maximum Gasteiger partial charge on any atom is 0.407 e. The molecular formula is C23H33N7O5. The summed E-state index contributed by atoms with van der Waals surface area (Å²) >= 11 is 0. The number of nitrogens with two attached hydrogens (primary N) is 1. The maximum atomic E-state index is 12.2. The lowest BCUT2D eigenvalue weighted by molar-refractivity contribution is -0.124. The Morgan fingerprint density at radius 1 is 1.17 bits per heavy atom. The van der Waals surface area contributed by atoms with Crippen molar-refractivity contribution in [3.8, 4) is 5.75 Å². The SMILES string of the molecule is CCc1nc(C(N)=O)c(Nc2cc(CCNC(=O)[C@H](C)N(C)C(=O)O)cc(OC)c2)nc1N(C)C. The van der Waals surface area contributed by atoms with Gasteiger partial charge < -0.3 is 31.1 Å². The number of hydrogen-bond acceptors (Lipinski definition) is 8. The third-order valence-corrected chi connectivity index (χ3v) is 5.38. The minimum absolute atomic E-state index is 0.0284. The number of aromatic nitrogens is 2. The molecule has 0 aliphatic rings. The van der Waals surface area contributed by atoms with Crippen LogP contribution in [-0.4, -0.2) is 78.7 Å². The lowest BCUT2D eigenvalue weighted by Crippen LogP contribution is -2.45. The van der Waals surface area contributed by atoms with Crippen molar-refractivity contribution in [1.29, 1.82) is 0 Å². The summed E-state index contributed by atoms with van der Waals surface area (Å²) in [7, 11) is 6.54. The zero-order valence-electron chi connectivity index (χ0n) is 20.9. The number of benzene rings is 1. The van der Waals surface area contributed by atoms with Crippen LogP contribution in [0.2, 0.25) is 0 Å². The van der Waals surface area contributed by atoms with Gasteiger partial charge >= 0.3 is 6.09 Å². The van der Waals surface area contributed by atoms with Crippen LogP contribution in [0.1, 0.15) is 35.6 Å². The molecule has 1 aromatic carbocycles. The summed E-state index contributed by atoms with van der Waals surface area (Å²) in [4.78, 5) is 47.1. The normalized spacial score (nSPS) is 11.4. The number of ether oxygens (including phenoxy) is 1. The molecule has 0 bridgehead atoms. The van der Waals surface area contributed by atoms with Gasteiger partial charge in [-0.3, -0.25) is 14.5 Å². The van der Waals surface area contributed by atoms with E-state index < -0.39 is 23.9 Å². The predicted octanol–water partition coefficient (Wildman–Crippen LogP) is 1.61. The smallest absolute Gasteiger partial charge is 0.407 e. The average Bonchev–Trinajstić information content (AvgIpc) is 2.82.